The molecule has 2 amide bonds. The molecule has 0 saturated heterocycles. The molecule has 2 aromatic rings. The predicted molar refractivity (Wildman–Crippen MR) is 112 cm³/mol. The Morgan fingerprint density at radius 1 is 0.862 bits per heavy atom. The number of aryl methyl sites for hydroxylation is 2. The summed E-state index contributed by atoms with van der Waals surface area (Å²) >= 11 is 0. The van der Waals surface area contributed by atoms with E-state index in [1.807, 2.05) is 32.0 Å². The number of ether oxygens (including phenoxy) is 1. The lowest BCUT2D eigenvalue weighted by Gasteiger charge is -2.21. The predicted octanol–water partition coefficient (Wildman–Crippen LogP) is 2.77. The van der Waals surface area contributed by atoms with E-state index < -0.39 is 24.4 Å². The summed E-state index contributed by atoms with van der Waals surface area (Å²) in [6.45, 7) is 9.13. The zero-order chi connectivity index (χ0) is 21.4. The van der Waals surface area contributed by atoms with Crippen molar-refractivity contribution in [3.8, 4) is 0 Å². The Kier molecular flexibility index (Phi) is 7.77. The molecule has 154 valence electrons. The lowest BCUT2D eigenvalue weighted by molar-refractivity contribution is -0.125. The first-order valence-electron chi connectivity index (χ1n) is 9.53. The molecule has 0 heterocycles. The Labute approximate surface area is 171 Å². The number of amides is 2. The molecule has 2 N–H and O–H groups in total. The first-order valence-corrected chi connectivity index (χ1v) is 9.53. The third-order valence-corrected chi connectivity index (χ3v) is 4.37. The van der Waals surface area contributed by atoms with E-state index in [0.29, 0.717) is 11.1 Å². The van der Waals surface area contributed by atoms with Gasteiger partial charge < -0.3 is 9.64 Å². The number of esters is 1. The molecule has 0 aliphatic carbocycles. The molecular formula is C22H27N3O4. The lowest BCUT2D eigenvalue weighted by atomic mass is 10.1. The van der Waals surface area contributed by atoms with Crippen molar-refractivity contribution in [1.29, 1.82) is 0 Å². The fraction of sp³-hybridized carbons (Fsp3) is 0.318. The molecule has 2 rings (SSSR count). The van der Waals surface area contributed by atoms with Gasteiger partial charge in [0.15, 0.2) is 6.61 Å². The van der Waals surface area contributed by atoms with E-state index in [2.05, 4.69) is 29.6 Å². The first kappa shape index (κ1) is 21.9. The van der Waals surface area contributed by atoms with Crippen molar-refractivity contribution in [1.82, 2.24) is 10.9 Å². The Hall–Kier alpha value is -3.35. The van der Waals surface area contributed by atoms with Gasteiger partial charge in [0.1, 0.15) is 0 Å². The van der Waals surface area contributed by atoms with Crippen LogP contribution in [0.2, 0.25) is 0 Å². The second kappa shape index (κ2) is 10.3. The van der Waals surface area contributed by atoms with Gasteiger partial charge in [0.2, 0.25) is 0 Å². The first-order chi connectivity index (χ1) is 13.8. The van der Waals surface area contributed by atoms with Crippen LogP contribution in [0.5, 0.6) is 0 Å². The van der Waals surface area contributed by atoms with E-state index in [4.69, 9.17) is 4.74 Å². The topological polar surface area (TPSA) is 87.7 Å². The van der Waals surface area contributed by atoms with Gasteiger partial charge in [-0.25, -0.2) is 4.79 Å². The van der Waals surface area contributed by atoms with E-state index in [1.165, 1.54) is 0 Å². The average molecular weight is 397 g/mol. The maximum absolute atomic E-state index is 12.2. The van der Waals surface area contributed by atoms with Crippen molar-refractivity contribution < 1.29 is 19.1 Å². The number of nitrogens with zero attached hydrogens (tertiary/aromatic N) is 1. The van der Waals surface area contributed by atoms with E-state index in [1.54, 1.807) is 24.3 Å². The van der Waals surface area contributed by atoms with Gasteiger partial charge in [0, 0.05) is 24.3 Å². The van der Waals surface area contributed by atoms with Crippen LogP contribution in [0.25, 0.3) is 0 Å². The number of hydrogen-bond acceptors (Lipinski definition) is 5. The molecule has 0 spiro atoms. The lowest BCUT2D eigenvalue weighted by Crippen LogP contribution is -2.43. The summed E-state index contributed by atoms with van der Waals surface area (Å²) in [5.41, 5.74) is 8.23. The molecule has 0 atom stereocenters. The standard InChI is InChI=1S/C22H27N3O4/c1-5-25(6-2)19-9-7-17(8-10-19)21(27)24-23-20(26)14-29-22(28)18-12-15(3)11-16(4)13-18/h7-13H,5-6,14H2,1-4H3,(H,23,26)(H,24,27). The summed E-state index contributed by atoms with van der Waals surface area (Å²) in [5.74, 6) is -1.67. The summed E-state index contributed by atoms with van der Waals surface area (Å²) in [5, 5.41) is 0. The highest BCUT2D eigenvalue weighted by molar-refractivity contribution is 5.96. The molecule has 0 aliphatic heterocycles. The van der Waals surface area contributed by atoms with Crippen LogP contribution in [-0.4, -0.2) is 37.5 Å². The molecular weight excluding hydrogens is 370 g/mol. The molecule has 0 saturated carbocycles. The van der Waals surface area contributed by atoms with Crippen LogP contribution in [0.1, 0.15) is 45.7 Å². The van der Waals surface area contributed by atoms with Gasteiger partial charge in [-0.15, -0.1) is 0 Å². The highest BCUT2D eigenvalue weighted by Crippen LogP contribution is 2.14. The van der Waals surface area contributed by atoms with Crippen molar-refractivity contribution in [3.05, 3.63) is 64.7 Å². The highest BCUT2D eigenvalue weighted by atomic mass is 16.5. The number of carbonyl (C=O) groups is 3. The molecule has 7 heteroatoms. The SMILES string of the molecule is CCN(CC)c1ccc(C(=O)NNC(=O)COC(=O)c2cc(C)cc(C)c2)cc1. The number of nitrogens with one attached hydrogen (secondary N) is 2. The van der Waals surface area contributed by atoms with Gasteiger partial charge in [-0.3, -0.25) is 20.4 Å². The minimum absolute atomic E-state index is 0.382. The Morgan fingerprint density at radius 3 is 2.00 bits per heavy atom. The van der Waals surface area contributed by atoms with Crippen LogP contribution in [-0.2, 0) is 9.53 Å². The van der Waals surface area contributed by atoms with E-state index in [0.717, 1.165) is 29.9 Å². The summed E-state index contributed by atoms with van der Waals surface area (Å²) in [6, 6.07) is 12.4. The van der Waals surface area contributed by atoms with Crippen LogP contribution in [0.3, 0.4) is 0 Å². The van der Waals surface area contributed by atoms with Gasteiger partial charge in [-0.1, -0.05) is 17.2 Å². The third-order valence-electron chi connectivity index (χ3n) is 4.37. The molecule has 0 fully saturated rings. The zero-order valence-electron chi connectivity index (χ0n) is 17.2. The highest BCUT2D eigenvalue weighted by Gasteiger charge is 2.12. The quantitative estimate of drug-likeness (QED) is 0.554. The van der Waals surface area contributed by atoms with Gasteiger partial charge in [0.25, 0.3) is 11.8 Å². The van der Waals surface area contributed by atoms with Crippen molar-refractivity contribution in [3.63, 3.8) is 0 Å². The van der Waals surface area contributed by atoms with Crippen molar-refractivity contribution in [2.24, 2.45) is 0 Å². The smallest absolute Gasteiger partial charge is 0.338 e. The van der Waals surface area contributed by atoms with E-state index in [-0.39, 0.29) is 0 Å². The molecule has 29 heavy (non-hydrogen) atoms. The maximum atomic E-state index is 12.2. The Balaban J connectivity index is 1.82. The molecule has 0 aliphatic rings. The largest absolute Gasteiger partial charge is 0.452 e. The summed E-state index contributed by atoms with van der Waals surface area (Å²) in [4.78, 5) is 38.2. The van der Waals surface area contributed by atoms with Crippen molar-refractivity contribution in [2.45, 2.75) is 27.7 Å². The monoisotopic (exact) mass is 397 g/mol. The van der Waals surface area contributed by atoms with Gasteiger partial charge >= 0.3 is 5.97 Å². The minimum Gasteiger partial charge on any atom is -0.452 e. The van der Waals surface area contributed by atoms with Crippen molar-refractivity contribution >= 4 is 23.5 Å². The summed E-state index contributed by atoms with van der Waals surface area (Å²) in [7, 11) is 0. The molecule has 2 aromatic carbocycles. The molecule has 0 unspecified atom stereocenters. The van der Waals surface area contributed by atoms with Gasteiger partial charge in [-0.2, -0.15) is 0 Å². The van der Waals surface area contributed by atoms with Crippen LogP contribution < -0.4 is 15.8 Å². The fourth-order valence-electron chi connectivity index (χ4n) is 2.95. The minimum atomic E-state index is -0.629. The number of carbonyl (C=O) groups excluding carboxylic acids is 3. The van der Waals surface area contributed by atoms with Crippen LogP contribution in [0.4, 0.5) is 5.69 Å². The zero-order valence-corrected chi connectivity index (χ0v) is 17.2. The van der Waals surface area contributed by atoms with Crippen molar-refractivity contribution in [2.75, 3.05) is 24.6 Å². The van der Waals surface area contributed by atoms with E-state index in [9.17, 15) is 14.4 Å². The number of hydrogen-bond donors (Lipinski definition) is 2. The molecule has 0 radical (unpaired) electrons. The van der Waals surface area contributed by atoms with Gasteiger partial charge in [0.05, 0.1) is 5.56 Å². The number of benzene rings is 2. The number of rotatable bonds is 7. The second-order valence-corrected chi connectivity index (χ2v) is 6.67. The van der Waals surface area contributed by atoms with Crippen LogP contribution >= 0.6 is 0 Å². The van der Waals surface area contributed by atoms with Gasteiger partial charge in [-0.05, 0) is 64.1 Å². The molecule has 0 aromatic heterocycles. The summed E-state index contributed by atoms with van der Waals surface area (Å²) in [6.07, 6.45) is 0. The van der Waals surface area contributed by atoms with Crippen LogP contribution in [0.15, 0.2) is 42.5 Å². The van der Waals surface area contributed by atoms with E-state index >= 15 is 0 Å². The number of hydrazine groups is 1. The molecule has 0 bridgehead atoms. The Bertz CT molecular complexity index is 854. The Morgan fingerprint density at radius 2 is 1.45 bits per heavy atom. The average Bonchev–Trinajstić information content (AvgIpc) is 2.71. The second-order valence-electron chi connectivity index (χ2n) is 6.67. The van der Waals surface area contributed by atoms with Crippen LogP contribution in [0, 0.1) is 13.8 Å². The normalized spacial score (nSPS) is 10.2. The number of anilines is 1. The fourth-order valence-corrected chi connectivity index (χ4v) is 2.95. The molecule has 7 nitrogen and oxygen atoms in total. The maximum Gasteiger partial charge on any atom is 0.338 e. The summed E-state index contributed by atoms with van der Waals surface area (Å²) < 4.78 is 5.00. The third kappa shape index (κ3) is 6.34.